The van der Waals surface area contributed by atoms with Crippen LogP contribution in [0.3, 0.4) is 0 Å². The van der Waals surface area contributed by atoms with Crippen molar-refractivity contribution in [2.75, 3.05) is 0 Å². The predicted octanol–water partition coefficient (Wildman–Crippen LogP) is 1.98. The van der Waals surface area contributed by atoms with Gasteiger partial charge in [0.1, 0.15) is 0 Å². The van der Waals surface area contributed by atoms with Gasteiger partial charge in [0, 0.05) is 0 Å². The van der Waals surface area contributed by atoms with E-state index in [2.05, 4.69) is 54.4 Å². The number of allylic oxidation sites excluding steroid dienone is 2. The first-order valence-electron chi connectivity index (χ1n) is 4.35. The maximum Gasteiger partial charge on any atom is 0.225 e. The Bertz CT molecular complexity index is 286. The van der Waals surface area contributed by atoms with Crippen molar-refractivity contribution in [2.45, 2.75) is 6.42 Å². The number of hydrogen-bond donors (Lipinski definition) is 0. The Labute approximate surface area is 73.7 Å². The Morgan fingerprint density at radius 3 is 2.25 bits per heavy atom. The highest BCUT2D eigenvalue weighted by Gasteiger charge is 2.09. The predicted molar refractivity (Wildman–Crippen MR) is 54.7 cm³/mol. The van der Waals surface area contributed by atoms with Crippen molar-refractivity contribution in [3.8, 4) is 0 Å². The lowest BCUT2D eigenvalue weighted by molar-refractivity contribution is 1.40. The lowest BCUT2D eigenvalue weighted by Crippen LogP contribution is -2.26. The van der Waals surface area contributed by atoms with Gasteiger partial charge in [-0.2, -0.15) is 0 Å². The second-order valence-corrected chi connectivity index (χ2v) is 3.03. The van der Waals surface area contributed by atoms with Crippen LogP contribution in [-0.2, 0) is 0 Å². The lowest BCUT2D eigenvalue weighted by Gasteiger charge is -2.06. The molecule has 1 aliphatic heterocycles. The average molecular weight is 154 g/mol. The fourth-order valence-electron chi connectivity index (χ4n) is 1.49. The van der Waals surface area contributed by atoms with Gasteiger partial charge in [-0.1, -0.05) is 47.9 Å². The molecular weight excluding hydrogens is 143 g/mol. The van der Waals surface area contributed by atoms with Gasteiger partial charge in [0.05, 0.1) is 0 Å². The molecule has 0 atom stereocenters. The molecule has 0 aliphatic carbocycles. The minimum Gasteiger partial charge on any atom is -0.110 e. The molecule has 0 saturated carbocycles. The molecule has 0 N–H and O–H groups in total. The van der Waals surface area contributed by atoms with E-state index in [-0.39, 0.29) is 0 Å². The summed E-state index contributed by atoms with van der Waals surface area (Å²) < 4.78 is 0. The van der Waals surface area contributed by atoms with E-state index in [1.807, 2.05) is 0 Å². The minimum absolute atomic E-state index is 0.500. The maximum absolute atomic E-state index is 2.26. The van der Waals surface area contributed by atoms with Crippen molar-refractivity contribution < 1.29 is 0 Å². The first-order chi connectivity index (χ1) is 5.97. The molecule has 0 unspecified atom stereocenters. The number of hydrogen-bond acceptors (Lipinski definition) is 0. The molecule has 0 spiro atoms. The van der Waals surface area contributed by atoms with Crippen molar-refractivity contribution in [1.29, 1.82) is 0 Å². The highest BCUT2D eigenvalue weighted by atomic mass is 13.9. The summed E-state index contributed by atoms with van der Waals surface area (Å²) in [5, 5.41) is 0. The highest BCUT2D eigenvalue weighted by molar-refractivity contribution is 6.82. The monoisotopic (exact) mass is 154 g/mol. The number of benzene rings is 1. The zero-order chi connectivity index (χ0) is 8.23. The smallest absolute Gasteiger partial charge is 0.110 e. The van der Waals surface area contributed by atoms with Gasteiger partial charge in [-0.05, 0) is 6.42 Å². The second-order valence-electron chi connectivity index (χ2n) is 3.03. The molecule has 0 radical (unpaired) electrons. The molecule has 1 aliphatic rings. The van der Waals surface area contributed by atoms with Gasteiger partial charge in [-0.3, -0.25) is 0 Å². The van der Waals surface area contributed by atoms with Crippen LogP contribution < -0.4 is 5.46 Å². The van der Waals surface area contributed by atoms with Crippen LogP contribution in [0.4, 0.5) is 0 Å². The van der Waals surface area contributed by atoms with E-state index in [1.165, 1.54) is 5.46 Å². The molecule has 0 bridgehead atoms. The molecule has 58 valence electrons. The largest absolute Gasteiger partial charge is 0.225 e. The molecule has 0 fully saturated rings. The van der Waals surface area contributed by atoms with E-state index in [0.717, 1.165) is 6.42 Å². The molecule has 0 aromatic heterocycles. The zero-order valence-electron chi connectivity index (χ0n) is 6.98. The molecule has 0 nitrogen and oxygen atoms in total. The maximum atomic E-state index is 2.26. The summed E-state index contributed by atoms with van der Waals surface area (Å²) in [6.07, 6.45) is 5.53. The van der Waals surface area contributed by atoms with Crippen LogP contribution in [0.1, 0.15) is 6.42 Å². The molecule has 1 heterocycles. The van der Waals surface area contributed by atoms with Gasteiger partial charge in [0.25, 0.3) is 0 Å². The van der Waals surface area contributed by atoms with Crippen LogP contribution in [0.2, 0.25) is 0 Å². The van der Waals surface area contributed by atoms with E-state index in [1.54, 1.807) is 0 Å². The second kappa shape index (κ2) is 3.44. The molecule has 1 aromatic rings. The third kappa shape index (κ3) is 1.50. The van der Waals surface area contributed by atoms with Crippen molar-refractivity contribution in [3.63, 3.8) is 0 Å². The van der Waals surface area contributed by atoms with Crippen molar-refractivity contribution in [1.82, 2.24) is 0 Å². The molecule has 0 saturated heterocycles. The Morgan fingerprint density at radius 2 is 1.58 bits per heavy atom. The summed E-state index contributed by atoms with van der Waals surface area (Å²) in [7, 11) is 0. The summed E-state index contributed by atoms with van der Waals surface area (Å²) in [4.78, 5) is 0. The normalized spacial score (nSPS) is 15.2. The fourth-order valence-corrected chi connectivity index (χ4v) is 1.49. The van der Waals surface area contributed by atoms with Gasteiger partial charge in [0.2, 0.25) is 6.71 Å². The summed E-state index contributed by atoms with van der Waals surface area (Å²) >= 11 is 0. The van der Waals surface area contributed by atoms with Crippen molar-refractivity contribution >= 4 is 12.2 Å². The summed E-state index contributed by atoms with van der Waals surface area (Å²) in [5.74, 6) is 4.52. The standard InChI is InChI=1S/C11H11B/c1-3-7-11(8-4-1)12-9-5-2-6-10-12/h1,3-10H,2H2. The molecule has 0 amide bonds. The van der Waals surface area contributed by atoms with Gasteiger partial charge < -0.3 is 0 Å². The molecular formula is C11H11B. The Kier molecular flexibility index (Phi) is 2.13. The lowest BCUT2D eigenvalue weighted by atomic mass is 9.44. The van der Waals surface area contributed by atoms with E-state index in [9.17, 15) is 0 Å². The minimum atomic E-state index is 0.500. The first-order valence-corrected chi connectivity index (χ1v) is 4.35. The third-order valence-electron chi connectivity index (χ3n) is 2.14. The van der Waals surface area contributed by atoms with Crippen LogP contribution in [0.15, 0.2) is 54.4 Å². The quantitative estimate of drug-likeness (QED) is 0.542. The van der Waals surface area contributed by atoms with Gasteiger partial charge in [0.15, 0.2) is 0 Å². The van der Waals surface area contributed by atoms with E-state index >= 15 is 0 Å². The molecule has 1 heteroatoms. The first kappa shape index (κ1) is 7.42. The van der Waals surface area contributed by atoms with Crippen LogP contribution in [0.5, 0.6) is 0 Å². The van der Waals surface area contributed by atoms with Crippen molar-refractivity contribution in [3.05, 3.63) is 54.4 Å². The molecule has 12 heavy (non-hydrogen) atoms. The average Bonchev–Trinajstić information content (AvgIpc) is 2.21. The fraction of sp³-hybridized carbons (Fsp3) is 0.0909. The molecule has 1 aromatic carbocycles. The van der Waals surface area contributed by atoms with Crippen LogP contribution in [-0.4, -0.2) is 6.71 Å². The Morgan fingerprint density at radius 1 is 0.917 bits per heavy atom. The van der Waals surface area contributed by atoms with Gasteiger partial charge in [-0.15, -0.1) is 12.0 Å². The van der Waals surface area contributed by atoms with Crippen LogP contribution in [0, 0.1) is 0 Å². The van der Waals surface area contributed by atoms with Gasteiger partial charge >= 0.3 is 0 Å². The Hall–Kier alpha value is -1.24. The van der Waals surface area contributed by atoms with E-state index < -0.39 is 0 Å². The number of rotatable bonds is 1. The topological polar surface area (TPSA) is 0 Å². The summed E-state index contributed by atoms with van der Waals surface area (Å²) in [6.45, 7) is 0.500. The Balaban J connectivity index is 2.25. The highest BCUT2D eigenvalue weighted by Crippen LogP contribution is 2.00. The van der Waals surface area contributed by atoms with E-state index in [0.29, 0.717) is 6.71 Å². The van der Waals surface area contributed by atoms with Crippen LogP contribution >= 0.6 is 0 Å². The van der Waals surface area contributed by atoms with Crippen molar-refractivity contribution in [2.24, 2.45) is 0 Å². The molecule has 2 rings (SSSR count). The summed E-state index contributed by atoms with van der Waals surface area (Å²) in [5.41, 5.74) is 1.38. The van der Waals surface area contributed by atoms with E-state index in [4.69, 9.17) is 0 Å². The third-order valence-corrected chi connectivity index (χ3v) is 2.14. The summed E-state index contributed by atoms with van der Waals surface area (Å²) in [6, 6.07) is 10.6. The SMILES string of the molecule is C1=CB(c2ccccc2)C=CC1. The zero-order valence-corrected chi connectivity index (χ0v) is 6.98. The van der Waals surface area contributed by atoms with Gasteiger partial charge in [-0.25, -0.2) is 0 Å². The van der Waals surface area contributed by atoms with Crippen LogP contribution in [0.25, 0.3) is 0 Å².